The van der Waals surface area contributed by atoms with Crippen molar-refractivity contribution in [3.8, 4) is 0 Å². The van der Waals surface area contributed by atoms with Crippen molar-refractivity contribution in [1.82, 2.24) is 0 Å². The zero-order valence-corrected chi connectivity index (χ0v) is 21.7. The maximum Gasteiger partial charge on any atom is 0.358 e. The van der Waals surface area contributed by atoms with Crippen LogP contribution in [0.4, 0.5) is 0 Å². The summed E-state index contributed by atoms with van der Waals surface area (Å²) >= 11 is -0.297. The first-order chi connectivity index (χ1) is 14.0. The molecule has 0 atom stereocenters. The SMILES string of the molecule is Cc1cc(C)c([I+]c2ccc(C(=O)CCC(=O)OCCC[Si](C)(C)O)cc2)c(C)c1. The van der Waals surface area contributed by atoms with Crippen LogP contribution in [0.25, 0.3) is 0 Å². The van der Waals surface area contributed by atoms with Gasteiger partial charge in [0.1, 0.15) is 0 Å². The Morgan fingerprint density at radius 3 is 2.17 bits per heavy atom. The summed E-state index contributed by atoms with van der Waals surface area (Å²) in [5.74, 6) is -0.392. The first kappa shape index (κ1) is 24.8. The predicted molar refractivity (Wildman–Crippen MR) is 118 cm³/mol. The Morgan fingerprint density at radius 1 is 1.00 bits per heavy atom. The molecule has 0 saturated carbocycles. The molecule has 6 heteroatoms. The highest BCUT2D eigenvalue weighted by Gasteiger charge is 2.22. The molecule has 0 fully saturated rings. The van der Waals surface area contributed by atoms with E-state index in [-0.39, 0.29) is 45.8 Å². The minimum atomic E-state index is -2.09. The van der Waals surface area contributed by atoms with Crippen molar-refractivity contribution in [3.05, 3.63) is 65.8 Å². The molecule has 0 spiro atoms. The topological polar surface area (TPSA) is 63.6 Å². The van der Waals surface area contributed by atoms with E-state index in [9.17, 15) is 14.4 Å². The van der Waals surface area contributed by atoms with Crippen LogP contribution in [-0.4, -0.2) is 31.5 Å². The van der Waals surface area contributed by atoms with Gasteiger partial charge in [0.2, 0.25) is 0 Å². The highest BCUT2D eigenvalue weighted by molar-refractivity contribution is 6.69. The standard InChI is InChI=1S/C24H32IO4Si/c1-17-15-18(2)24(19(3)16-17)25-21-9-7-20(8-10-21)22(26)11-12-23(27)29-13-6-14-30(4,5)28/h7-10,15-16,28H,6,11-14H2,1-5H3/q+1. The van der Waals surface area contributed by atoms with Gasteiger partial charge in [0, 0.05) is 23.1 Å². The van der Waals surface area contributed by atoms with Crippen LogP contribution in [0.1, 0.15) is 46.3 Å². The Hall–Kier alpha value is -1.51. The van der Waals surface area contributed by atoms with Crippen molar-refractivity contribution in [3.63, 3.8) is 0 Å². The first-order valence-corrected chi connectivity index (χ1v) is 15.6. The van der Waals surface area contributed by atoms with Gasteiger partial charge in [-0.2, -0.15) is 0 Å². The molecule has 0 bridgehead atoms. The van der Waals surface area contributed by atoms with Crippen LogP contribution in [0.3, 0.4) is 0 Å². The molecule has 0 unspecified atom stereocenters. The number of carbonyl (C=O) groups excluding carboxylic acids is 2. The van der Waals surface area contributed by atoms with Crippen molar-refractivity contribution < 1.29 is 40.3 Å². The van der Waals surface area contributed by atoms with E-state index in [2.05, 4.69) is 32.9 Å². The second-order valence-electron chi connectivity index (χ2n) is 8.37. The smallest absolute Gasteiger partial charge is 0.358 e. The molecule has 4 nitrogen and oxygen atoms in total. The molecular formula is C24H32IO4Si+. The number of carbonyl (C=O) groups is 2. The fourth-order valence-corrected chi connectivity index (χ4v) is 6.76. The summed E-state index contributed by atoms with van der Waals surface area (Å²) in [6.45, 7) is 10.5. The van der Waals surface area contributed by atoms with E-state index in [4.69, 9.17) is 4.74 Å². The van der Waals surface area contributed by atoms with Crippen LogP contribution in [0.2, 0.25) is 19.1 Å². The summed E-state index contributed by atoms with van der Waals surface area (Å²) in [6.07, 6.45) is 0.915. The van der Waals surface area contributed by atoms with Gasteiger partial charge in [-0.3, -0.25) is 9.59 Å². The number of benzene rings is 2. The van der Waals surface area contributed by atoms with Crippen LogP contribution in [-0.2, 0) is 9.53 Å². The number of ether oxygens (including phenoxy) is 1. The number of Topliss-reactive ketones (excluding diaryl/α,β-unsaturated/α-hetero) is 1. The number of hydrogen-bond donors (Lipinski definition) is 1. The molecule has 0 heterocycles. The van der Waals surface area contributed by atoms with Gasteiger partial charge in [0.05, 0.1) is 13.0 Å². The number of aryl methyl sites for hydroxylation is 3. The highest BCUT2D eigenvalue weighted by Crippen LogP contribution is 2.10. The quantitative estimate of drug-likeness (QED) is 0.165. The molecule has 30 heavy (non-hydrogen) atoms. The lowest BCUT2D eigenvalue weighted by Crippen LogP contribution is -3.62. The normalized spacial score (nSPS) is 11.4. The molecule has 2 aromatic carbocycles. The maximum atomic E-state index is 12.4. The van der Waals surface area contributed by atoms with Crippen molar-refractivity contribution in [2.45, 2.75) is 59.2 Å². The Kier molecular flexibility index (Phi) is 9.24. The Labute approximate surface area is 191 Å². The predicted octanol–water partition coefficient (Wildman–Crippen LogP) is 1.83. The molecular weight excluding hydrogens is 507 g/mol. The van der Waals surface area contributed by atoms with E-state index in [1.807, 2.05) is 37.4 Å². The third-order valence-corrected chi connectivity index (χ3v) is 9.86. The van der Waals surface area contributed by atoms with E-state index in [0.717, 1.165) is 0 Å². The van der Waals surface area contributed by atoms with Gasteiger partial charge in [0.25, 0.3) is 0 Å². The van der Waals surface area contributed by atoms with Crippen molar-refractivity contribution in [2.24, 2.45) is 0 Å². The summed E-state index contributed by atoms with van der Waals surface area (Å²) in [7, 11) is -2.09. The molecule has 2 rings (SSSR count). The Morgan fingerprint density at radius 2 is 1.60 bits per heavy atom. The van der Waals surface area contributed by atoms with Crippen LogP contribution in [0.5, 0.6) is 0 Å². The van der Waals surface area contributed by atoms with Crippen molar-refractivity contribution in [2.75, 3.05) is 6.61 Å². The number of esters is 1. The van der Waals surface area contributed by atoms with E-state index < -0.39 is 8.32 Å². The van der Waals surface area contributed by atoms with Crippen LogP contribution in [0, 0.1) is 27.9 Å². The van der Waals surface area contributed by atoms with Crippen LogP contribution < -0.4 is 21.2 Å². The number of hydrogen-bond acceptors (Lipinski definition) is 4. The van der Waals surface area contributed by atoms with Gasteiger partial charge in [-0.25, -0.2) is 0 Å². The molecule has 0 aliphatic rings. The lowest BCUT2D eigenvalue weighted by atomic mass is 10.1. The van der Waals surface area contributed by atoms with Gasteiger partial charge in [-0.05, 0) is 70.6 Å². The van der Waals surface area contributed by atoms with Crippen LogP contribution >= 0.6 is 0 Å². The minimum absolute atomic E-state index is 0.0386. The maximum absolute atomic E-state index is 12.4. The molecule has 0 aliphatic carbocycles. The van der Waals surface area contributed by atoms with Gasteiger partial charge in [-0.1, -0.05) is 17.7 Å². The van der Waals surface area contributed by atoms with E-state index >= 15 is 0 Å². The zero-order chi connectivity index (χ0) is 22.3. The van der Waals surface area contributed by atoms with E-state index in [0.29, 0.717) is 24.6 Å². The lowest BCUT2D eigenvalue weighted by molar-refractivity contribution is -0.598. The van der Waals surface area contributed by atoms with Gasteiger partial charge >= 0.3 is 27.2 Å². The third-order valence-electron chi connectivity index (χ3n) is 4.70. The van der Waals surface area contributed by atoms with Gasteiger partial charge in [0.15, 0.2) is 21.2 Å². The Bertz CT molecular complexity index is 862. The molecule has 162 valence electrons. The number of rotatable bonds is 10. The first-order valence-electron chi connectivity index (χ1n) is 10.3. The van der Waals surface area contributed by atoms with E-state index in [1.54, 1.807) is 0 Å². The second kappa shape index (κ2) is 11.2. The van der Waals surface area contributed by atoms with Gasteiger partial charge in [-0.15, -0.1) is 0 Å². The monoisotopic (exact) mass is 539 g/mol. The van der Waals surface area contributed by atoms with Crippen molar-refractivity contribution in [1.29, 1.82) is 0 Å². The zero-order valence-electron chi connectivity index (χ0n) is 18.5. The lowest BCUT2D eigenvalue weighted by Gasteiger charge is -2.13. The fourth-order valence-electron chi connectivity index (χ4n) is 3.24. The average molecular weight is 540 g/mol. The summed E-state index contributed by atoms with van der Waals surface area (Å²) in [6, 6.07) is 13.0. The average Bonchev–Trinajstić information content (AvgIpc) is 2.66. The molecule has 0 radical (unpaired) electrons. The number of ketones is 1. The molecule has 2 aromatic rings. The summed E-state index contributed by atoms with van der Waals surface area (Å²) in [5.41, 5.74) is 4.60. The van der Waals surface area contributed by atoms with Crippen LogP contribution in [0.15, 0.2) is 36.4 Å². The fraction of sp³-hybridized carbons (Fsp3) is 0.417. The molecule has 0 aromatic heterocycles. The summed E-state index contributed by atoms with van der Waals surface area (Å²) in [5, 5.41) is 0. The summed E-state index contributed by atoms with van der Waals surface area (Å²) < 4.78 is 7.88. The van der Waals surface area contributed by atoms with Gasteiger partial charge < -0.3 is 9.53 Å². The molecule has 1 N–H and O–H groups in total. The Balaban J connectivity index is 1.83. The number of halogens is 1. The second-order valence-corrected chi connectivity index (χ2v) is 15.4. The molecule has 0 saturated heterocycles. The minimum Gasteiger partial charge on any atom is -0.466 e. The van der Waals surface area contributed by atoms with Crippen molar-refractivity contribution >= 4 is 20.1 Å². The largest absolute Gasteiger partial charge is 0.466 e. The molecule has 0 amide bonds. The van der Waals surface area contributed by atoms with E-state index in [1.165, 1.54) is 23.8 Å². The molecule has 0 aliphatic heterocycles. The highest BCUT2D eigenvalue weighted by atomic mass is 127. The summed E-state index contributed by atoms with van der Waals surface area (Å²) in [4.78, 5) is 34.0. The third kappa shape index (κ3) is 8.32.